The molecule has 0 amide bonds. The Kier molecular flexibility index (Phi) is 3.97. The number of hydrogen-bond donors (Lipinski definition) is 1. The maximum absolute atomic E-state index is 13.9. The number of nitrogens with two attached hydrogens (primary N) is 1. The van der Waals surface area contributed by atoms with Crippen LogP contribution in [0.5, 0.6) is 11.5 Å². The summed E-state index contributed by atoms with van der Waals surface area (Å²) in [5, 5.41) is 8.56. The van der Waals surface area contributed by atoms with Gasteiger partial charge in [0.05, 0.1) is 0 Å². The maximum atomic E-state index is 13.9. The van der Waals surface area contributed by atoms with Gasteiger partial charge in [0.25, 0.3) is 0 Å². The van der Waals surface area contributed by atoms with Gasteiger partial charge in [-0.25, -0.2) is 9.07 Å². The van der Waals surface area contributed by atoms with Gasteiger partial charge in [-0.3, -0.25) is 0 Å². The van der Waals surface area contributed by atoms with E-state index >= 15 is 0 Å². The van der Waals surface area contributed by atoms with E-state index in [-0.39, 0.29) is 5.75 Å². The zero-order valence-corrected chi connectivity index (χ0v) is 12.5. The van der Waals surface area contributed by atoms with Crippen LogP contribution >= 0.6 is 11.8 Å². The number of thioether (sulfide) groups is 1. The number of para-hydroxylation sites is 1. The van der Waals surface area contributed by atoms with Crippen molar-refractivity contribution in [1.82, 2.24) is 14.9 Å². The van der Waals surface area contributed by atoms with Crippen LogP contribution in [0.15, 0.2) is 53.7 Å². The van der Waals surface area contributed by atoms with E-state index in [1.807, 2.05) is 24.5 Å². The van der Waals surface area contributed by atoms with Crippen LogP contribution < -0.4 is 10.6 Å². The monoisotopic (exact) mass is 316 g/mol. The van der Waals surface area contributed by atoms with Crippen molar-refractivity contribution < 1.29 is 9.13 Å². The molecule has 0 aliphatic heterocycles. The highest BCUT2D eigenvalue weighted by molar-refractivity contribution is 7.98. The SMILES string of the molecule is CSc1nnc(-c2ccc(F)c(Oc3ccccc3)c2)n1N. The minimum atomic E-state index is -0.458. The quantitative estimate of drug-likeness (QED) is 0.591. The van der Waals surface area contributed by atoms with Crippen molar-refractivity contribution in [3.8, 4) is 22.9 Å². The molecule has 3 aromatic rings. The smallest absolute Gasteiger partial charge is 0.209 e. The molecule has 0 radical (unpaired) electrons. The van der Waals surface area contributed by atoms with Crippen molar-refractivity contribution in [2.24, 2.45) is 0 Å². The Hall–Kier alpha value is -2.54. The highest BCUT2D eigenvalue weighted by Gasteiger charge is 2.14. The number of nitrogen functional groups attached to an aromatic ring is 1. The molecule has 7 heteroatoms. The third-order valence-corrected chi connectivity index (χ3v) is 3.65. The van der Waals surface area contributed by atoms with Crippen molar-refractivity contribution in [3.63, 3.8) is 0 Å². The van der Waals surface area contributed by atoms with Gasteiger partial charge in [0.15, 0.2) is 17.4 Å². The van der Waals surface area contributed by atoms with Gasteiger partial charge < -0.3 is 10.6 Å². The summed E-state index contributed by atoms with van der Waals surface area (Å²) < 4.78 is 20.9. The second kappa shape index (κ2) is 6.07. The molecule has 5 nitrogen and oxygen atoms in total. The molecule has 3 rings (SSSR count). The first-order valence-corrected chi connectivity index (χ1v) is 7.69. The van der Waals surface area contributed by atoms with E-state index in [4.69, 9.17) is 10.6 Å². The summed E-state index contributed by atoms with van der Waals surface area (Å²) in [6, 6.07) is 13.5. The van der Waals surface area contributed by atoms with Gasteiger partial charge in [-0.15, -0.1) is 10.2 Å². The summed E-state index contributed by atoms with van der Waals surface area (Å²) in [6.07, 6.45) is 1.85. The fourth-order valence-electron chi connectivity index (χ4n) is 1.95. The number of rotatable bonds is 4. The molecule has 22 heavy (non-hydrogen) atoms. The van der Waals surface area contributed by atoms with E-state index in [2.05, 4.69) is 10.2 Å². The molecule has 112 valence electrons. The predicted octanol–water partition coefficient (Wildman–Crippen LogP) is 3.31. The van der Waals surface area contributed by atoms with Crippen molar-refractivity contribution in [3.05, 3.63) is 54.3 Å². The van der Waals surface area contributed by atoms with Gasteiger partial charge in [-0.2, -0.15) is 0 Å². The van der Waals surface area contributed by atoms with Crippen LogP contribution in [0, 0.1) is 5.82 Å². The summed E-state index contributed by atoms with van der Waals surface area (Å²) in [5.41, 5.74) is 0.627. The molecule has 2 aromatic carbocycles. The second-order valence-electron chi connectivity index (χ2n) is 4.44. The minimum absolute atomic E-state index is 0.109. The first-order chi connectivity index (χ1) is 10.7. The molecule has 0 saturated carbocycles. The highest BCUT2D eigenvalue weighted by atomic mass is 32.2. The lowest BCUT2D eigenvalue weighted by Gasteiger charge is -2.08. The van der Waals surface area contributed by atoms with E-state index in [1.165, 1.54) is 22.5 Å². The number of ether oxygens (including phenoxy) is 1. The lowest BCUT2D eigenvalue weighted by atomic mass is 10.2. The fourth-order valence-corrected chi connectivity index (χ4v) is 2.35. The topological polar surface area (TPSA) is 66.0 Å². The standard InChI is InChI=1S/C15H13FN4OS/c1-22-15-19-18-14(20(15)17)10-7-8-12(16)13(9-10)21-11-5-3-2-4-6-11/h2-9H,17H2,1H3. The summed E-state index contributed by atoms with van der Waals surface area (Å²) >= 11 is 1.38. The third-order valence-electron chi connectivity index (χ3n) is 3.01. The van der Waals surface area contributed by atoms with Crippen LogP contribution in [0.4, 0.5) is 4.39 Å². The fraction of sp³-hybridized carbons (Fsp3) is 0.0667. The summed E-state index contributed by atoms with van der Waals surface area (Å²) in [5.74, 6) is 6.57. The van der Waals surface area contributed by atoms with Crippen LogP contribution in [-0.2, 0) is 0 Å². The molecule has 0 fully saturated rings. The van der Waals surface area contributed by atoms with Crippen molar-refractivity contribution in [2.45, 2.75) is 5.16 Å². The van der Waals surface area contributed by atoms with E-state index in [9.17, 15) is 4.39 Å². The first kappa shape index (κ1) is 14.4. The van der Waals surface area contributed by atoms with Gasteiger partial charge in [0.2, 0.25) is 5.16 Å². The largest absolute Gasteiger partial charge is 0.454 e. The molecule has 0 bridgehead atoms. The molecular formula is C15H13FN4OS. The number of nitrogens with zero attached hydrogens (tertiary/aromatic N) is 3. The molecule has 0 saturated heterocycles. The Morgan fingerprint density at radius 1 is 1.14 bits per heavy atom. The molecule has 1 heterocycles. The van der Waals surface area contributed by atoms with Crippen LogP contribution in [0.2, 0.25) is 0 Å². The molecular weight excluding hydrogens is 303 g/mol. The number of aromatic nitrogens is 3. The average Bonchev–Trinajstić information content (AvgIpc) is 2.91. The van der Waals surface area contributed by atoms with Crippen molar-refractivity contribution >= 4 is 11.8 Å². The Balaban J connectivity index is 1.97. The minimum Gasteiger partial charge on any atom is -0.454 e. The average molecular weight is 316 g/mol. The summed E-state index contributed by atoms with van der Waals surface area (Å²) in [7, 11) is 0. The predicted molar refractivity (Wildman–Crippen MR) is 83.9 cm³/mol. The normalized spacial score (nSPS) is 10.6. The van der Waals surface area contributed by atoms with E-state index in [1.54, 1.807) is 24.3 Å². The van der Waals surface area contributed by atoms with Crippen LogP contribution in [0.3, 0.4) is 0 Å². The Morgan fingerprint density at radius 2 is 1.91 bits per heavy atom. The highest BCUT2D eigenvalue weighted by Crippen LogP contribution is 2.29. The number of benzene rings is 2. The summed E-state index contributed by atoms with van der Waals surface area (Å²) in [6.45, 7) is 0. The van der Waals surface area contributed by atoms with Gasteiger partial charge in [-0.05, 0) is 36.6 Å². The van der Waals surface area contributed by atoms with Crippen molar-refractivity contribution in [1.29, 1.82) is 0 Å². The number of hydrogen-bond acceptors (Lipinski definition) is 5. The Labute approximate surface area is 130 Å². The van der Waals surface area contributed by atoms with Crippen LogP contribution in [0.1, 0.15) is 0 Å². The van der Waals surface area contributed by atoms with Gasteiger partial charge >= 0.3 is 0 Å². The van der Waals surface area contributed by atoms with Crippen LogP contribution in [0.25, 0.3) is 11.4 Å². The summed E-state index contributed by atoms with van der Waals surface area (Å²) in [4.78, 5) is 0. The zero-order chi connectivity index (χ0) is 15.5. The molecule has 0 unspecified atom stereocenters. The van der Waals surface area contributed by atoms with Gasteiger partial charge in [0, 0.05) is 5.56 Å². The molecule has 0 aliphatic rings. The molecule has 0 atom stereocenters. The lowest BCUT2D eigenvalue weighted by Crippen LogP contribution is -2.11. The van der Waals surface area contributed by atoms with E-state index in [0.29, 0.717) is 22.3 Å². The van der Waals surface area contributed by atoms with Gasteiger partial charge in [0.1, 0.15) is 5.75 Å². The first-order valence-electron chi connectivity index (χ1n) is 6.46. The van der Waals surface area contributed by atoms with Gasteiger partial charge in [-0.1, -0.05) is 30.0 Å². The maximum Gasteiger partial charge on any atom is 0.209 e. The molecule has 0 spiro atoms. The van der Waals surface area contributed by atoms with E-state index < -0.39 is 5.82 Å². The van der Waals surface area contributed by atoms with E-state index in [0.717, 1.165) is 0 Å². The molecule has 1 aromatic heterocycles. The van der Waals surface area contributed by atoms with Crippen LogP contribution in [-0.4, -0.2) is 21.1 Å². The molecule has 2 N–H and O–H groups in total. The Morgan fingerprint density at radius 3 is 2.59 bits per heavy atom. The number of halogens is 1. The molecule has 0 aliphatic carbocycles. The second-order valence-corrected chi connectivity index (χ2v) is 5.21. The van der Waals surface area contributed by atoms with Crippen molar-refractivity contribution in [2.75, 3.05) is 12.1 Å². The lowest BCUT2D eigenvalue weighted by molar-refractivity contribution is 0.442. The zero-order valence-electron chi connectivity index (χ0n) is 11.7. The Bertz CT molecular complexity index is 791. The third kappa shape index (κ3) is 2.75.